The second kappa shape index (κ2) is 8.27. The molecule has 158 valence electrons. The van der Waals surface area contributed by atoms with Crippen LogP contribution in [0, 0.1) is 13.8 Å². The standard InChI is InChI=1S/C22H21N5O3S/c1-12-10-13(2)23-20-17(12)21(26-27(20)4)30-11-16(29)24-22-25-18(19(31-22)14(3)28)15-8-6-5-7-9-15/h5-10H,11H2,1-4H3,(H,24,25,29). The van der Waals surface area contributed by atoms with E-state index in [1.165, 1.54) is 6.92 Å². The summed E-state index contributed by atoms with van der Waals surface area (Å²) < 4.78 is 7.32. The number of ketones is 1. The number of hydrogen-bond acceptors (Lipinski definition) is 7. The number of ether oxygens (including phenoxy) is 1. The van der Waals surface area contributed by atoms with E-state index in [1.54, 1.807) is 11.7 Å². The van der Waals surface area contributed by atoms with Crippen molar-refractivity contribution in [1.82, 2.24) is 19.7 Å². The first-order valence-corrected chi connectivity index (χ1v) is 10.5. The Balaban J connectivity index is 1.51. The number of carbonyl (C=O) groups is 2. The molecule has 0 spiro atoms. The topological polar surface area (TPSA) is 99.0 Å². The zero-order valence-corrected chi connectivity index (χ0v) is 18.4. The maximum Gasteiger partial charge on any atom is 0.264 e. The summed E-state index contributed by atoms with van der Waals surface area (Å²) in [5.41, 5.74) is 3.94. The zero-order valence-electron chi connectivity index (χ0n) is 17.6. The number of pyridine rings is 1. The largest absolute Gasteiger partial charge is 0.466 e. The number of rotatable bonds is 6. The molecule has 3 aromatic heterocycles. The number of aryl methyl sites for hydroxylation is 3. The van der Waals surface area contributed by atoms with Crippen molar-refractivity contribution in [3.8, 4) is 17.1 Å². The maximum absolute atomic E-state index is 12.5. The van der Waals surface area contributed by atoms with Gasteiger partial charge in [0.05, 0.1) is 16.0 Å². The number of aromatic nitrogens is 4. The van der Waals surface area contributed by atoms with Gasteiger partial charge in [-0.15, -0.1) is 5.10 Å². The van der Waals surface area contributed by atoms with Crippen LogP contribution in [-0.2, 0) is 11.8 Å². The normalized spacial score (nSPS) is 11.0. The van der Waals surface area contributed by atoms with Crippen molar-refractivity contribution in [3.63, 3.8) is 0 Å². The second-order valence-corrected chi connectivity index (χ2v) is 8.16. The molecule has 3 heterocycles. The third kappa shape index (κ3) is 4.17. The fourth-order valence-electron chi connectivity index (χ4n) is 3.34. The molecular formula is C22H21N5O3S. The van der Waals surface area contributed by atoms with Crippen molar-refractivity contribution in [2.75, 3.05) is 11.9 Å². The van der Waals surface area contributed by atoms with Gasteiger partial charge in [-0.1, -0.05) is 41.7 Å². The van der Waals surface area contributed by atoms with Gasteiger partial charge in [-0.2, -0.15) is 0 Å². The zero-order chi connectivity index (χ0) is 22.1. The fourth-order valence-corrected chi connectivity index (χ4v) is 4.24. The van der Waals surface area contributed by atoms with Gasteiger partial charge in [0.2, 0.25) is 5.88 Å². The predicted octanol–water partition coefficient (Wildman–Crippen LogP) is 3.93. The number of fused-ring (bicyclic) bond motifs is 1. The Bertz CT molecular complexity index is 1290. The van der Waals surface area contributed by atoms with Crippen LogP contribution in [0.2, 0.25) is 0 Å². The number of anilines is 1. The lowest BCUT2D eigenvalue weighted by molar-refractivity contribution is -0.118. The van der Waals surface area contributed by atoms with Crippen molar-refractivity contribution < 1.29 is 14.3 Å². The monoisotopic (exact) mass is 435 g/mol. The quantitative estimate of drug-likeness (QED) is 0.461. The van der Waals surface area contributed by atoms with Crippen LogP contribution < -0.4 is 10.1 Å². The lowest BCUT2D eigenvalue weighted by atomic mass is 10.1. The highest BCUT2D eigenvalue weighted by Crippen LogP contribution is 2.31. The van der Waals surface area contributed by atoms with E-state index in [-0.39, 0.29) is 18.3 Å². The van der Waals surface area contributed by atoms with E-state index < -0.39 is 0 Å². The highest BCUT2D eigenvalue weighted by molar-refractivity contribution is 7.18. The number of nitrogens with zero attached hydrogens (tertiary/aromatic N) is 4. The van der Waals surface area contributed by atoms with E-state index in [1.807, 2.05) is 50.2 Å². The summed E-state index contributed by atoms with van der Waals surface area (Å²) in [5.74, 6) is -0.141. The molecule has 1 N–H and O–H groups in total. The van der Waals surface area contributed by atoms with Crippen molar-refractivity contribution in [2.24, 2.45) is 7.05 Å². The van der Waals surface area contributed by atoms with Gasteiger partial charge in [-0.05, 0) is 25.5 Å². The second-order valence-electron chi connectivity index (χ2n) is 7.16. The molecule has 8 nitrogen and oxygen atoms in total. The number of Topliss-reactive ketones (excluding diaryl/α,β-unsaturated/α-hetero) is 1. The summed E-state index contributed by atoms with van der Waals surface area (Å²) in [6.45, 7) is 5.12. The van der Waals surface area contributed by atoms with Crippen LogP contribution in [0.4, 0.5) is 5.13 Å². The molecule has 0 radical (unpaired) electrons. The first-order valence-electron chi connectivity index (χ1n) is 9.64. The van der Waals surface area contributed by atoms with Gasteiger partial charge >= 0.3 is 0 Å². The van der Waals surface area contributed by atoms with Gasteiger partial charge in [0.25, 0.3) is 5.91 Å². The van der Waals surface area contributed by atoms with E-state index in [0.29, 0.717) is 27.2 Å². The molecule has 4 rings (SSSR count). The Hall–Kier alpha value is -3.59. The van der Waals surface area contributed by atoms with Crippen LogP contribution in [0.1, 0.15) is 27.9 Å². The summed E-state index contributed by atoms with van der Waals surface area (Å²) in [5, 5.41) is 8.19. The number of carbonyl (C=O) groups excluding carboxylic acids is 2. The third-order valence-electron chi connectivity index (χ3n) is 4.67. The SMILES string of the molecule is CC(=O)c1sc(NC(=O)COc2nn(C)c3nc(C)cc(C)c23)nc1-c1ccccc1. The summed E-state index contributed by atoms with van der Waals surface area (Å²) in [7, 11) is 1.78. The molecule has 0 unspecified atom stereocenters. The van der Waals surface area contributed by atoms with Crippen molar-refractivity contribution in [2.45, 2.75) is 20.8 Å². The highest BCUT2D eigenvalue weighted by Gasteiger charge is 2.19. The van der Waals surface area contributed by atoms with Gasteiger partial charge in [0.15, 0.2) is 23.2 Å². The Morgan fingerprint density at radius 2 is 1.90 bits per heavy atom. The number of thiazole rings is 1. The number of nitrogens with one attached hydrogen (secondary N) is 1. The average Bonchev–Trinajstić information content (AvgIpc) is 3.29. The molecule has 0 saturated heterocycles. The van der Waals surface area contributed by atoms with Gasteiger partial charge in [-0.25, -0.2) is 14.6 Å². The molecular weight excluding hydrogens is 414 g/mol. The molecule has 9 heteroatoms. The molecule has 0 saturated carbocycles. The minimum absolute atomic E-state index is 0.105. The molecule has 0 aliphatic heterocycles. The number of hydrogen-bond donors (Lipinski definition) is 1. The fraction of sp³-hybridized carbons (Fsp3) is 0.227. The summed E-state index contributed by atoms with van der Waals surface area (Å²) >= 11 is 1.15. The Kier molecular flexibility index (Phi) is 5.51. The molecule has 4 aromatic rings. The van der Waals surface area contributed by atoms with Crippen LogP contribution in [0.25, 0.3) is 22.3 Å². The van der Waals surface area contributed by atoms with E-state index in [4.69, 9.17) is 4.74 Å². The Labute approximate surface area is 182 Å². The van der Waals surface area contributed by atoms with Crippen LogP contribution >= 0.6 is 11.3 Å². The Morgan fingerprint density at radius 1 is 1.16 bits per heavy atom. The van der Waals surface area contributed by atoms with Crippen LogP contribution in [0.15, 0.2) is 36.4 Å². The molecule has 0 bridgehead atoms. The first kappa shape index (κ1) is 20.7. The van der Waals surface area contributed by atoms with Crippen molar-refractivity contribution in [3.05, 3.63) is 52.5 Å². The predicted molar refractivity (Wildman–Crippen MR) is 120 cm³/mol. The highest BCUT2D eigenvalue weighted by atomic mass is 32.1. The van der Waals surface area contributed by atoms with Crippen LogP contribution in [0.5, 0.6) is 5.88 Å². The van der Waals surface area contributed by atoms with E-state index in [0.717, 1.165) is 33.5 Å². The lowest BCUT2D eigenvalue weighted by Crippen LogP contribution is -2.20. The minimum Gasteiger partial charge on any atom is -0.466 e. The van der Waals surface area contributed by atoms with Gasteiger partial charge in [0, 0.05) is 25.2 Å². The summed E-state index contributed by atoms with van der Waals surface area (Å²) in [6, 6.07) is 11.3. The van der Waals surface area contributed by atoms with Gasteiger partial charge < -0.3 is 4.74 Å². The van der Waals surface area contributed by atoms with Crippen molar-refractivity contribution >= 4 is 39.2 Å². The molecule has 1 amide bonds. The smallest absolute Gasteiger partial charge is 0.264 e. The Morgan fingerprint density at radius 3 is 2.61 bits per heavy atom. The minimum atomic E-state index is -0.389. The van der Waals surface area contributed by atoms with E-state index in [2.05, 4.69) is 20.4 Å². The summed E-state index contributed by atoms with van der Waals surface area (Å²) in [4.78, 5) is 34.0. The number of benzene rings is 1. The molecule has 31 heavy (non-hydrogen) atoms. The molecule has 0 fully saturated rings. The van der Waals surface area contributed by atoms with E-state index in [9.17, 15) is 9.59 Å². The van der Waals surface area contributed by atoms with Crippen molar-refractivity contribution in [1.29, 1.82) is 0 Å². The molecule has 0 aliphatic carbocycles. The molecule has 0 aliphatic rings. The first-order chi connectivity index (χ1) is 14.8. The van der Waals surface area contributed by atoms with E-state index >= 15 is 0 Å². The van der Waals surface area contributed by atoms with Crippen LogP contribution in [0.3, 0.4) is 0 Å². The molecule has 1 aromatic carbocycles. The average molecular weight is 436 g/mol. The maximum atomic E-state index is 12.5. The summed E-state index contributed by atoms with van der Waals surface area (Å²) in [6.07, 6.45) is 0. The van der Waals surface area contributed by atoms with Gasteiger partial charge in [-0.3, -0.25) is 14.9 Å². The molecule has 0 atom stereocenters. The lowest BCUT2D eigenvalue weighted by Gasteiger charge is -2.04. The third-order valence-corrected chi connectivity index (χ3v) is 5.74. The van der Waals surface area contributed by atoms with Crippen LogP contribution in [-0.4, -0.2) is 38.0 Å². The number of amides is 1. The van der Waals surface area contributed by atoms with Gasteiger partial charge in [0.1, 0.15) is 0 Å².